The molecule has 0 rings (SSSR count). The molecule has 0 fully saturated rings. The summed E-state index contributed by atoms with van der Waals surface area (Å²) < 4.78 is 0. The van der Waals surface area contributed by atoms with Gasteiger partial charge < -0.3 is 37.4 Å². The van der Waals surface area contributed by atoms with Crippen LogP contribution in [0.3, 0.4) is 0 Å². The Morgan fingerprint density at radius 1 is 1.00 bits per heavy atom. The molecule has 0 amide bonds. The van der Waals surface area contributed by atoms with Crippen LogP contribution >= 0.6 is 0 Å². The largest absolute Gasteiger partial charge is 0.481 e. The number of carboxylic acids is 3. The molecular weight excluding hydrogens is 276 g/mol. The van der Waals surface area contributed by atoms with Crippen LogP contribution in [0.1, 0.15) is 25.7 Å². The van der Waals surface area contributed by atoms with Gasteiger partial charge in [-0.2, -0.15) is 0 Å². The Hall–Kier alpha value is -1.75. The van der Waals surface area contributed by atoms with Crippen LogP contribution in [0, 0.1) is 0 Å². The molecule has 0 heterocycles. The molecule has 0 aliphatic heterocycles. The van der Waals surface area contributed by atoms with Crippen LogP contribution in [-0.4, -0.2) is 62.5 Å². The first-order valence-corrected chi connectivity index (χ1v) is 5.53. The number of carboxylic acid groups (broad SMARTS) is 3. The van der Waals surface area contributed by atoms with Crippen molar-refractivity contribution in [2.24, 2.45) is 11.5 Å². The molecular formula is C10H22N2O8. The fraction of sp³-hybridized carbons (Fsp3) is 0.700. The van der Waals surface area contributed by atoms with E-state index in [1.807, 2.05) is 0 Å². The van der Waals surface area contributed by atoms with Gasteiger partial charge in [0.1, 0.15) is 6.04 Å². The highest BCUT2D eigenvalue weighted by atomic mass is 16.4. The van der Waals surface area contributed by atoms with Crippen molar-refractivity contribution in [3.05, 3.63) is 0 Å². The Bertz CT molecular complexity index is 297. The Kier molecular flexibility index (Phi) is 16.0. The Labute approximate surface area is 115 Å². The fourth-order valence-corrected chi connectivity index (χ4v) is 0.885. The number of nitrogens with two attached hydrogens (primary N) is 2. The van der Waals surface area contributed by atoms with Crippen molar-refractivity contribution in [2.45, 2.75) is 37.8 Å². The Balaban J connectivity index is -0.000000277. The number of carbonyl (C=O) groups is 3. The predicted molar refractivity (Wildman–Crippen MR) is 68.0 cm³/mol. The van der Waals surface area contributed by atoms with E-state index in [9.17, 15) is 14.4 Å². The molecule has 20 heavy (non-hydrogen) atoms. The summed E-state index contributed by atoms with van der Waals surface area (Å²) in [5.74, 6) is -3.78. The molecule has 0 saturated heterocycles. The second kappa shape index (κ2) is 13.7. The average Bonchev–Trinajstić information content (AvgIpc) is 2.28. The number of aliphatic hydroxyl groups is 1. The van der Waals surface area contributed by atoms with Gasteiger partial charge in [-0.15, -0.1) is 0 Å². The summed E-state index contributed by atoms with van der Waals surface area (Å²) in [4.78, 5) is 29.5. The van der Waals surface area contributed by atoms with Gasteiger partial charge in [-0.1, -0.05) is 6.42 Å². The van der Waals surface area contributed by atoms with E-state index in [2.05, 4.69) is 0 Å². The summed E-state index contributed by atoms with van der Waals surface area (Å²) in [6, 6.07) is -0.716. The Morgan fingerprint density at radius 3 is 1.75 bits per heavy atom. The third-order valence-electron chi connectivity index (χ3n) is 1.94. The molecule has 0 radical (unpaired) electrons. The molecule has 0 saturated carbocycles. The number of hydrogen-bond donors (Lipinski definition) is 6. The Morgan fingerprint density at radius 2 is 1.50 bits per heavy atom. The minimum Gasteiger partial charge on any atom is -0.481 e. The third kappa shape index (κ3) is 16.2. The molecule has 0 aromatic carbocycles. The lowest BCUT2D eigenvalue weighted by Crippen LogP contribution is -2.29. The molecule has 0 aromatic heterocycles. The minimum atomic E-state index is -1.79. The van der Waals surface area contributed by atoms with Crippen molar-refractivity contribution in [3.8, 4) is 0 Å². The first kappa shape index (κ1) is 23.4. The maximum Gasteiger partial charge on any atom is 0.333 e. The van der Waals surface area contributed by atoms with Crippen LogP contribution in [0.15, 0.2) is 0 Å². The SMILES string of the molecule is NCCCC[C@H](N)C(=O)O.O.O=C(O)C[C@H](O)C(=O)O. The summed E-state index contributed by atoms with van der Waals surface area (Å²) in [5.41, 5.74) is 10.4. The normalized spacial score (nSPS) is 12.2. The summed E-state index contributed by atoms with van der Waals surface area (Å²) in [6.45, 7) is 0.604. The molecule has 0 aromatic rings. The van der Waals surface area contributed by atoms with E-state index < -0.39 is 36.5 Å². The van der Waals surface area contributed by atoms with E-state index in [1.54, 1.807) is 0 Å². The maximum atomic E-state index is 10.1. The second-order valence-electron chi connectivity index (χ2n) is 3.68. The average molecular weight is 298 g/mol. The highest BCUT2D eigenvalue weighted by Crippen LogP contribution is 1.97. The van der Waals surface area contributed by atoms with E-state index in [0.29, 0.717) is 13.0 Å². The minimum absolute atomic E-state index is 0. The predicted octanol–water partition coefficient (Wildman–Crippen LogP) is -2.39. The smallest absolute Gasteiger partial charge is 0.333 e. The standard InChI is InChI=1S/C6H14N2O2.C4H6O5.H2O/c7-4-2-1-3-5(8)6(9)10;5-2(4(8)9)1-3(6)7;/h5H,1-4,7-8H2,(H,9,10);2,5H,1H2,(H,6,7)(H,8,9);1H2/t5-;2-;/m00./s1. The molecule has 10 nitrogen and oxygen atoms in total. The molecule has 2 atom stereocenters. The highest BCUT2D eigenvalue weighted by Gasteiger charge is 2.16. The summed E-state index contributed by atoms with van der Waals surface area (Å²) in [5, 5.41) is 32.5. The van der Waals surface area contributed by atoms with Crippen molar-refractivity contribution in [1.29, 1.82) is 0 Å². The van der Waals surface area contributed by atoms with E-state index in [4.69, 9.17) is 31.9 Å². The number of aliphatic hydroxyl groups excluding tert-OH is 1. The van der Waals surface area contributed by atoms with Crippen LogP contribution in [0.2, 0.25) is 0 Å². The van der Waals surface area contributed by atoms with Crippen LogP contribution < -0.4 is 11.5 Å². The van der Waals surface area contributed by atoms with Crippen molar-refractivity contribution in [3.63, 3.8) is 0 Å². The van der Waals surface area contributed by atoms with Gasteiger partial charge in [-0.25, -0.2) is 4.79 Å². The lowest BCUT2D eigenvalue weighted by atomic mass is 10.1. The lowest BCUT2D eigenvalue weighted by Gasteiger charge is -2.03. The number of rotatable bonds is 8. The van der Waals surface area contributed by atoms with E-state index in [-0.39, 0.29) is 5.48 Å². The van der Waals surface area contributed by atoms with E-state index in [1.165, 1.54) is 0 Å². The summed E-state index contributed by atoms with van der Waals surface area (Å²) >= 11 is 0. The zero-order valence-electron chi connectivity index (χ0n) is 10.9. The summed E-state index contributed by atoms with van der Waals surface area (Å²) in [7, 11) is 0. The van der Waals surface area contributed by atoms with Crippen LogP contribution in [-0.2, 0) is 14.4 Å². The maximum absolute atomic E-state index is 10.1. The van der Waals surface area contributed by atoms with Crippen LogP contribution in [0.25, 0.3) is 0 Å². The molecule has 0 unspecified atom stereocenters. The van der Waals surface area contributed by atoms with Gasteiger partial charge in [0.15, 0.2) is 6.10 Å². The quantitative estimate of drug-likeness (QED) is 0.263. The van der Waals surface area contributed by atoms with Crippen molar-refractivity contribution < 1.29 is 40.3 Å². The summed E-state index contributed by atoms with van der Waals surface area (Å²) in [6.07, 6.45) is -0.380. The molecule has 120 valence electrons. The molecule has 10 N–H and O–H groups in total. The number of aliphatic carboxylic acids is 3. The van der Waals surface area contributed by atoms with Crippen molar-refractivity contribution in [1.82, 2.24) is 0 Å². The first-order valence-electron chi connectivity index (χ1n) is 5.53. The van der Waals surface area contributed by atoms with Gasteiger partial charge >= 0.3 is 17.9 Å². The topological polar surface area (TPSA) is 216 Å². The fourth-order valence-electron chi connectivity index (χ4n) is 0.885. The van der Waals surface area contributed by atoms with Gasteiger partial charge in [-0.05, 0) is 19.4 Å². The monoisotopic (exact) mass is 298 g/mol. The molecule has 0 aliphatic rings. The number of hydrogen-bond acceptors (Lipinski definition) is 6. The van der Waals surface area contributed by atoms with Gasteiger partial charge in [0.05, 0.1) is 6.42 Å². The third-order valence-corrected chi connectivity index (χ3v) is 1.94. The van der Waals surface area contributed by atoms with Crippen molar-refractivity contribution in [2.75, 3.05) is 6.54 Å². The highest BCUT2D eigenvalue weighted by molar-refractivity contribution is 5.79. The van der Waals surface area contributed by atoms with Gasteiger partial charge in [-0.3, -0.25) is 9.59 Å². The molecule has 10 heteroatoms. The van der Waals surface area contributed by atoms with Crippen molar-refractivity contribution >= 4 is 17.9 Å². The van der Waals surface area contributed by atoms with Crippen LogP contribution in [0.5, 0.6) is 0 Å². The lowest BCUT2D eigenvalue weighted by molar-refractivity contribution is -0.152. The first-order chi connectivity index (χ1) is 8.72. The number of unbranched alkanes of at least 4 members (excludes halogenated alkanes) is 1. The van der Waals surface area contributed by atoms with Gasteiger partial charge in [0.2, 0.25) is 0 Å². The zero-order chi connectivity index (χ0) is 15.4. The van der Waals surface area contributed by atoms with Gasteiger partial charge in [0.25, 0.3) is 0 Å². The molecule has 0 bridgehead atoms. The zero-order valence-corrected chi connectivity index (χ0v) is 10.9. The van der Waals surface area contributed by atoms with Crippen LogP contribution in [0.4, 0.5) is 0 Å². The second-order valence-corrected chi connectivity index (χ2v) is 3.68. The molecule has 0 aliphatic carbocycles. The van der Waals surface area contributed by atoms with E-state index in [0.717, 1.165) is 12.8 Å². The van der Waals surface area contributed by atoms with E-state index >= 15 is 0 Å². The molecule has 0 spiro atoms. The van der Waals surface area contributed by atoms with Gasteiger partial charge in [0, 0.05) is 0 Å².